The van der Waals surface area contributed by atoms with Crippen molar-refractivity contribution in [2.75, 3.05) is 5.75 Å². The molecule has 0 spiro atoms. The molecule has 82 valence electrons. The molecule has 0 saturated carbocycles. The van der Waals surface area contributed by atoms with E-state index in [2.05, 4.69) is 31.4 Å². The molecule has 1 aromatic carbocycles. The molecule has 6 heteroatoms. The summed E-state index contributed by atoms with van der Waals surface area (Å²) in [7, 11) is 0. The van der Waals surface area contributed by atoms with Gasteiger partial charge >= 0.3 is 0 Å². The minimum absolute atomic E-state index is 0.0254. The molecular formula is C10H8BrN3OS. The summed E-state index contributed by atoms with van der Waals surface area (Å²) in [4.78, 5) is 10.9. The first-order valence-corrected chi connectivity index (χ1v) is 6.31. The highest BCUT2D eigenvalue weighted by Crippen LogP contribution is 2.10. The Morgan fingerprint density at radius 2 is 2.12 bits per heavy atom. The fraction of sp³-hybridized carbons (Fsp3) is 0.100. The van der Waals surface area contributed by atoms with Gasteiger partial charge < -0.3 is 5.32 Å². The summed E-state index contributed by atoms with van der Waals surface area (Å²) >= 11 is 4.71. The summed E-state index contributed by atoms with van der Waals surface area (Å²) in [5.74, 6) is 0.398. The van der Waals surface area contributed by atoms with E-state index in [1.165, 1.54) is 11.8 Å². The summed E-state index contributed by atoms with van der Waals surface area (Å²) < 4.78 is 1.02. The molecule has 1 aliphatic heterocycles. The van der Waals surface area contributed by atoms with E-state index in [0.717, 1.165) is 10.0 Å². The second-order valence-corrected chi connectivity index (χ2v) is 4.92. The van der Waals surface area contributed by atoms with Gasteiger partial charge in [0.05, 0.1) is 12.0 Å². The number of amidine groups is 1. The van der Waals surface area contributed by atoms with Crippen LogP contribution in [-0.4, -0.2) is 23.0 Å². The molecule has 0 bridgehead atoms. The van der Waals surface area contributed by atoms with E-state index in [0.29, 0.717) is 10.9 Å². The Hall–Kier alpha value is -1.14. The van der Waals surface area contributed by atoms with Gasteiger partial charge in [0.15, 0.2) is 5.17 Å². The number of hydrogen-bond acceptors (Lipinski definition) is 4. The smallest absolute Gasteiger partial charge is 0.236 e. The molecule has 0 aliphatic carbocycles. The number of nitrogens with zero attached hydrogens (tertiary/aromatic N) is 2. The molecule has 1 aliphatic rings. The first-order valence-electron chi connectivity index (χ1n) is 4.53. The minimum Gasteiger partial charge on any atom is -0.303 e. The van der Waals surface area contributed by atoms with Crippen molar-refractivity contribution in [1.82, 2.24) is 5.32 Å². The molecule has 1 amide bonds. The zero-order valence-electron chi connectivity index (χ0n) is 8.18. The standard InChI is InChI=1S/C10H8BrN3OS/c11-8-3-1-7(2-4-8)5-12-14-10-13-9(15)6-16-10/h1-5H,6H2,(H,13,14,15)/b12-5+. The number of nitrogens with one attached hydrogen (secondary N) is 1. The van der Waals surface area contributed by atoms with Gasteiger partial charge in [0.1, 0.15) is 0 Å². The molecule has 1 saturated heterocycles. The minimum atomic E-state index is -0.0254. The lowest BCUT2D eigenvalue weighted by molar-refractivity contribution is -0.116. The van der Waals surface area contributed by atoms with Crippen LogP contribution in [0, 0.1) is 0 Å². The van der Waals surface area contributed by atoms with Gasteiger partial charge in [-0.05, 0) is 17.7 Å². The SMILES string of the molecule is O=C1CS/C(=N/N=C/c2ccc(Br)cc2)N1. The molecule has 0 unspecified atom stereocenters. The number of carbonyl (C=O) groups excluding carboxylic acids is 1. The van der Waals surface area contributed by atoms with Crippen molar-refractivity contribution < 1.29 is 4.79 Å². The van der Waals surface area contributed by atoms with Crippen LogP contribution in [0.4, 0.5) is 0 Å². The maximum atomic E-state index is 10.9. The van der Waals surface area contributed by atoms with Crippen LogP contribution in [0.15, 0.2) is 38.9 Å². The predicted molar refractivity (Wildman–Crippen MR) is 69.8 cm³/mol. The highest BCUT2D eigenvalue weighted by molar-refractivity contribution is 9.10. The van der Waals surface area contributed by atoms with Crippen molar-refractivity contribution in [1.29, 1.82) is 0 Å². The number of halogens is 1. The van der Waals surface area contributed by atoms with Crippen LogP contribution in [0.3, 0.4) is 0 Å². The van der Waals surface area contributed by atoms with Crippen molar-refractivity contribution >= 4 is 45.0 Å². The summed E-state index contributed by atoms with van der Waals surface area (Å²) in [5.41, 5.74) is 0.960. The molecule has 1 N–H and O–H groups in total. The fourth-order valence-corrected chi connectivity index (χ4v) is 1.97. The number of rotatable bonds is 2. The van der Waals surface area contributed by atoms with Gasteiger partial charge in [-0.15, -0.1) is 5.10 Å². The molecule has 2 rings (SSSR count). The molecule has 1 fully saturated rings. The first-order chi connectivity index (χ1) is 7.74. The highest BCUT2D eigenvalue weighted by Gasteiger charge is 2.15. The lowest BCUT2D eigenvalue weighted by Gasteiger charge is -1.92. The first kappa shape index (κ1) is 11.3. The topological polar surface area (TPSA) is 53.8 Å². The van der Waals surface area contributed by atoms with Crippen molar-refractivity contribution in [2.24, 2.45) is 10.2 Å². The lowest BCUT2D eigenvalue weighted by atomic mass is 10.2. The Kier molecular flexibility index (Phi) is 3.74. The molecule has 0 aromatic heterocycles. The molecule has 1 aromatic rings. The van der Waals surface area contributed by atoms with Gasteiger partial charge in [-0.1, -0.05) is 39.8 Å². The zero-order valence-corrected chi connectivity index (χ0v) is 10.6. The van der Waals surface area contributed by atoms with Gasteiger partial charge in [-0.25, -0.2) is 0 Å². The molecule has 1 heterocycles. The zero-order chi connectivity index (χ0) is 11.4. The quantitative estimate of drug-likeness (QED) is 0.670. The normalized spacial score (nSPS) is 18.3. The van der Waals surface area contributed by atoms with Crippen molar-refractivity contribution in [2.45, 2.75) is 0 Å². The third kappa shape index (κ3) is 3.18. The Balaban J connectivity index is 1.99. The van der Waals surface area contributed by atoms with Crippen molar-refractivity contribution in [3.63, 3.8) is 0 Å². The number of amides is 1. The van der Waals surface area contributed by atoms with Gasteiger partial charge in [0.2, 0.25) is 5.91 Å². The second kappa shape index (κ2) is 5.27. The monoisotopic (exact) mass is 297 g/mol. The van der Waals surface area contributed by atoms with Gasteiger partial charge in [-0.3, -0.25) is 4.79 Å². The van der Waals surface area contributed by atoms with E-state index >= 15 is 0 Å². The summed E-state index contributed by atoms with van der Waals surface area (Å²) in [5, 5.41) is 11.0. The van der Waals surface area contributed by atoms with Crippen LogP contribution in [0.2, 0.25) is 0 Å². The van der Waals surface area contributed by atoms with Gasteiger partial charge in [-0.2, -0.15) is 5.10 Å². The van der Waals surface area contributed by atoms with Crippen LogP contribution >= 0.6 is 27.7 Å². The molecule has 16 heavy (non-hydrogen) atoms. The molecule has 4 nitrogen and oxygen atoms in total. The van der Waals surface area contributed by atoms with Crippen LogP contribution in [0.25, 0.3) is 0 Å². The third-order valence-corrected chi connectivity index (χ3v) is 3.20. The maximum Gasteiger partial charge on any atom is 0.236 e. The third-order valence-electron chi connectivity index (χ3n) is 1.81. The van der Waals surface area contributed by atoms with Gasteiger partial charge in [0, 0.05) is 4.47 Å². The van der Waals surface area contributed by atoms with Crippen LogP contribution < -0.4 is 5.32 Å². The van der Waals surface area contributed by atoms with E-state index < -0.39 is 0 Å². The number of hydrogen-bond donors (Lipinski definition) is 1. The van der Waals surface area contributed by atoms with E-state index in [1.54, 1.807) is 6.21 Å². The number of carbonyl (C=O) groups is 1. The van der Waals surface area contributed by atoms with E-state index in [-0.39, 0.29) is 5.91 Å². The summed E-state index contributed by atoms with van der Waals surface area (Å²) in [6.45, 7) is 0. The molecule has 0 atom stereocenters. The lowest BCUT2D eigenvalue weighted by Crippen LogP contribution is -2.19. The van der Waals surface area contributed by atoms with Crippen LogP contribution in [-0.2, 0) is 4.79 Å². The maximum absolute atomic E-state index is 10.9. The van der Waals surface area contributed by atoms with E-state index in [1.807, 2.05) is 24.3 Å². The average molecular weight is 298 g/mol. The van der Waals surface area contributed by atoms with Crippen molar-refractivity contribution in [3.8, 4) is 0 Å². The second-order valence-electron chi connectivity index (χ2n) is 3.04. The summed E-state index contributed by atoms with van der Waals surface area (Å²) in [6, 6.07) is 7.71. The summed E-state index contributed by atoms with van der Waals surface area (Å²) in [6.07, 6.45) is 1.64. The van der Waals surface area contributed by atoms with E-state index in [9.17, 15) is 4.79 Å². The largest absolute Gasteiger partial charge is 0.303 e. The Labute approximate surface area is 105 Å². The van der Waals surface area contributed by atoms with Crippen LogP contribution in [0.1, 0.15) is 5.56 Å². The van der Waals surface area contributed by atoms with Crippen LogP contribution in [0.5, 0.6) is 0 Å². The average Bonchev–Trinajstić information content (AvgIpc) is 2.67. The fourth-order valence-electron chi connectivity index (χ4n) is 1.08. The molecular weight excluding hydrogens is 290 g/mol. The number of benzene rings is 1. The van der Waals surface area contributed by atoms with E-state index in [4.69, 9.17) is 0 Å². The van der Waals surface area contributed by atoms with Gasteiger partial charge in [0.25, 0.3) is 0 Å². The highest BCUT2D eigenvalue weighted by atomic mass is 79.9. The van der Waals surface area contributed by atoms with Crippen molar-refractivity contribution in [3.05, 3.63) is 34.3 Å². The predicted octanol–water partition coefficient (Wildman–Crippen LogP) is 2.00. The Morgan fingerprint density at radius 1 is 1.38 bits per heavy atom. The Bertz CT molecular complexity index is 456. The molecule has 0 radical (unpaired) electrons. The number of thioether (sulfide) groups is 1. The Morgan fingerprint density at radius 3 is 2.75 bits per heavy atom.